The fourth-order valence-corrected chi connectivity index (χ4v) is 2.77. The SMILES string of the molecule is CC(C)NCC(C)S(=O)(=O)NCc1csc(=O)[nH]1. The first-order valence-corrected chi connectivity index (χ1v) is 8.12. The molecule has 8 heteroatoms. The lowest BCUT2D eigenvalue weighted by Gasteiger charge is -2.16. The monoisotopic (exact) mass is 293 g/mol. The lowest BCUT2D eigenvalue weighted by molar-refractivity contribution is 0.540. The molecule has 6 nitrogen and oxygen atoms in total. The van der Waals surface area contributed by atoms with Crippen molar-refractivity contribution >= 4 is 21.4 Å². The standard InChI is InChI=1S/C10H19N3O3S2/c1-7(2)11-4-8(3)18(15,16)12-5-9-6-17-10(14)13-9/h6-8,11-12H,4-5H2,1-3H3,(H,13,14). The van der Waals surface area contributed by atoms with Gasteiger partial charge in [0.2, 0.25) is 10.0 Å². The molecule has 18 heavy (non-hydrogen) atoms. The van der Waals surface area contributed by atoms with Crippen LogP contribution in [-0.2, 0) is 16.6 Å². The van der Waals surface area contributed by atoms with Crippen molar-refractivity contribution in [2.24, 2.45) is 0 Å². The molecular weight excluding hydrogens is 274 g/mol. The second-order valence-electron chi connectivity index (χ2n) is 4.41. The maximum Gasteiger partial charge on any atom is 0.304 e. The molecular formula is C10H19N3O3S2. The normalized spacial score (nSPS) is 14.0. The van der Waals surface area contributed by atoms with Crippen LogP contribution in [0.3, 0.4) is 0 Å². The third-order valence-electron chi connectivity index (χ3n) is 2.38. The first kappa shape index (κ1) is 15.4. The Morgan fingerprint density at radius 1 is 1.39 bits per heavy atom. The van der Waals surface area contributed by atoms with Gasteiger partial charge in [0.05, 0.1) is 11.8 Å². The van der Waals surface area contributed by atoms with E-state index in [1.165, 1.54) is 0 Å². The van der Waals surface area contributed by atoms with Crippen molar-refractivity contribution in [3.8, 4) is 0 Å². The molecule has 0 fully saturated rings. The van der Waals surface area contributed by atoms with E-state index in [4.69, 9.17) is 0 Å². The molecule has 0 aliphatic rings. The number of hydrogen-bond acceptors (Lipinski definition) is 5. The highest BCUT2D eigenvalue weighted by atomic mass is 32.2. The Labute approximate surface area is 111 Å². The van der Waals surface area contributed by atoms with Gasteiger partial charge in [0.1, 0.15) is 0 Å². The summed E-state index contributed by atoms with van der Waals surface area (Å²) < 4.78 is 26.2. The average molecular weight is 293 g/mol. The molecule has 0 saturated heterocycles. The van der Waals surface area contributed by atoms with E-state index in [9.17, 15) is 13.2 Å². The first-order chi connectivity index (χ1) is 8.31. The number of hydrogen-bond donors (Lipinski definition) is 3. The van der Waals surface area contributed by atoms with Crippen LogP contribution in [0.25, 0.3) is 0 Å². The Bertz CT molecular complexity index is 518. The van der Waals surface area contributed by atoms with Crippen LogP contribution >= 0.6 is 11.3 Å². The van der Waals surface area contributed by atoms with Crippen LogP contribution in [-0.4, -0.2) is 31.2 Å². The molecule has 0 aliphatic carbocycles. The van der Waals surface area contributed by atoms with Crippen LogP contribution in [0.2, 0.25) is 0 Å². The van der Waals surface area contributed by atoms with E-state index in [0.29, 0.717) is 12.2 Å². The maximum absolute atomic E-state index is 11.9. The van der Waals surface area contributed by atoms with E-state index >= 15 is 0 Å². The summed E-state index contributed by atoms with van der Waals surface area (Å²) in [4.78, 5) is 13.3. The Kier molecular flexibility index (Phi) is 5.51. The highest BCUT2D eigenvalue weighted by Crippen LogP contribution is 2.01. The van der Waals surface area contributed by atoms with Crippen LogP contribution in [0.5, 0.6) is 0 Å². The fraction of sp³-hybridized carbons (Fsp3) is 0.700. The number of H-pyrrole nitrogens is 1. The number of nitrogens with one attached hydrogen (secondary N) is 3. The molecule has 1 aromatic rings. The summed E-state index contributed by atoms with van der Waals surface area (Å²) in [6.07, 6.45) is 0. The smallest absolute Gasteiger partial charge is 0.304 e. The van der Waals surface area contributed by atoms with Crippen LogP contribution in [0, 0.1) is 0 Å². The highest BCUT2D eigenvalue weighted by molar-refractivity contribution is 7.90. The van der Waals surface area contributed by atoms with E-state index in [1.807, 2.05) is 13.8 Å². The molecule has 0 aliphatic heterocycles. The van der Waals surface area contributed by atoms with Gasteiger partial charge in [-0.1, -0.05) is 25.2 Å². The minimum Gasteiger partial charge on any atom is -0.315 e. The third-order valence-corrected chi connectivity index (χ3v) is 4.87. The van der Waals surface area contributed by atoms with Crippen LogP contribution < -0.4 is 14.9 Å². The van der Waals surface area contributed by atoms with Crippen molar-refractivity contribution in [1.82, 2.24) is 15.0 Å². The number of sulfonamides is 1. The van der Waals surface area contributed by atoms with Crippen LogP contribution in [0.15, 0.2) is 10.2 Å². The predicted octanol–water partition coefficient (Wildman–Crippen LogP) is 0.242. The van der Waals surface area contributed by atoms with Crippen molar-refractivity contribution in [2.45, 2.75) is 38.6 Å². The Morgan fingerprint density at radius 2 is 2.06 bits per heavy atom. The van der Waals surface area contributed by atoms with Gasteiger partial charge in [0, 0.05) is 23.7 Å². The Hall–Kier alpha value is -0.700. The molecule has 1 unspecified atom stereocenters. The molecule has 104 valence electrons. The van der Waals surface area contributed by atoms with Gasteiger partial charge in [-0.15, -0.1) is 0 Å². The summed E-state index contributed by atoms with van der Waals surface area (Å²) in [5.41, 5.74) is 0.581. The highest BCUT2D eigenvalue weighted by Gasteiger charge is 2.20. The summed E-state index contributed by atoms with van der Waals surface area (Å²) in [5.74, 6) is 0. The second-order valence-corrected chi connectivity index (χ2v) is 7.44. The molecule has 1 heterocycles. The molecule has 0 amide bonds. The second kappa shape index (κ2) is 6.46. The van der Waals surface area contributed by atoms with Crippen LogP contribution in [0.1, 0.15) is 26.5 Å². The first-order valence-electron chi connectivity index (χ1n) is 5.70. The Morgan fingerprint density at radius 3 is 2.56 bits per heavy atom. The van der Waals surface area contributed by atoms with Crippen molar-refractivity contribution < 1.29 is 8.42 Å². The summed E-state index contributed by atoms with van der Waals surface area (Å²) in [6, 6.07) is 0.246. The molecule has 0 radical (unpaired) electrons. The molecule has 3 N–H and O–H groups in total. The molecule has 0 bridgehead atoms. The zero-order valence-corrected chi connectivity index (χ0v) is 12.3. The van der Waals surface area contributed by atoms with Crippen LogP contribution in [0.4, 0.5) is 0 Å². The van der Waals surface area contributed by atoms with E-state index in [0.717, 1.165) is 11.3 Å². The van der Waals surface area contributed by atoms with Crippen molar-refractivity contribution in [3.05, 3.63) is 20.7 Å². The van der Waals surface area contributed by atoms with Gasteiger partial charge in [-0.3, -0.25) is 4.79 Å². The Balaban J connectivity index is 2.51. The van der Waals surface area contributed by atoms with Gasteiger partial charge in [-0.05, 0) is 6.92 Å². The molecule has 0 aromatic carbocycles. The van der Waals surface area contributed by atoms with E-state index in [2.05, 4.69) is 15.0 Å². The van der Waals surface area contributed by atoms with Gasteiger partial charge in [-0.2, -0.15) is 0 Å². The van der Waals surface area contributed by atoms with Gasteiger partial charge in [0.15, 0.2) is 0 Å². The quantitative estimate of drug-likeness (QED) is 0.672. The van der Waals surface area contributed by atoms with Crippen molar-refractivity contribution in [2.75, 3.05) is 6.54 Å². The average Bonchev–Trinajstić information content (AvgIpc) is 2.69. The zero-order chi connectivity index (χ0) is 13.8. The summed E-state index contributed by atoms with van der Waals surface area (Å²) in [5, 5.41) is 4.17. The number of thiazole rings is 1. The lowest BCUT2D eigenvalue weighted by Crippen LogP contribution is -2.40. The predicted molar refractivity (Wildman–Crippen MR) is 73.3 cm³/mol. The largest absolute Gasteiger partial charge is 0.315 e. The molecule has 1 rings (SSSR count). The molecule has 0 spiro atoms. The fourth-order valence-electron chi connectivity index (χ4n) is 1.23. The third kappa shape index (κ3) is 4.89. The summed E-state index contributed by atoms with van der Waals surface area (Å²) in [7, 11) is -3.37. The summed E-state index contributed by atoms with van der Waals surface area (Å²) >= 11 is 1.02. The number of rotatable bonds is 7. The maximum atomic E-state index is 11.9. The van der Waals surface area contributed by atoms with Gasteiger partial charge in [0.25, 0.3) is 0 Å². The lowest BCUT2D eigenvalue weighted by atomic mass is 10.3. The van der Waals surface area contributed by atoms with E-state index in [-0.39, 0.29) is 17.5 Å². The van der Waals surface area contributed by atoms with Crippen molar-refractivity contribution in [3.63, 3.8) is 0 Å². The minimum absolute atomic E-state index is 0.118. The van der Waals surface area contributed by atoms with Crippen molar-refractivity contribution in [1.29, 1.82) is 0 Å². The topological polar surface area (TPSA) is 91.1 Å². The molecule has 1 atom stereocenters. The molecule has 0 saturated carbocycles. The van der Waals surface area contributed by atoms with Gasteiger partial charge < -0.3 is 10.3 Å². The number of aromatic nitrogens is 1. The van der Waals surface area contributed by atoms with E-state index in [1.54, 1.807) is 12.3 Å². The zero-order valence-electron chi connectivity index (χ0n) is 10.7. The minimum atomic E-state index is -3.37. The van der Waals surface area contributed by atoms with Gasteiger partial charge >= 0.3 is 4.87 Å². The molecule has 1 aromatic heterocycles. The van der Waals surface area contributed by atoms with E-state index < -0.39 is 15.3 Å². The number of aromatic amines is 1. The summed E-state index contributed by atoms with van der Waals surface area (Å²) in [6.45, 7) is 6.08. The van der Waals surface area contributed by atoms with Gasteiger partial charge in [-0.25, -0.2) is 13.1 Å².